The summed E-state index contributed by atoms with van der Waals surface area (Å²) in [7, 11) is -3.27. The zero-order valence-electron chi connectivity index (χ0n) is 7.82. The number of nitrogens with one attached hydrogen (secondary N) is 1. The van der Waals surface area contributed by atoms with Crippen LogP contribution in [0.15, 0.2) is 29.7 Å². The molecule has 14 heavy (non-hydrogen) atoms. The highest BCUT2D eigenvalue weighted by Crippen LogP contribution is 2.31. The fourth-order valence-corrected chi connectivity index (χ4v) is 2.77. The third kappa shape index (κ3) is 1.53. The Hall–Kier alpha value is -1.29. The third-order valence-corrected chi connectivity index (χ3v) is 3.30. The van der Waals surface area contributed by atoms with Crippen molar-refractivity contribution in [3.8, 4) is 0 Å². The summed E-state index contributed by atoms with van der Waals surface area (Å²) in [6.07, 6.45) is 0.720. The van der Waals surface area contributed by atoms with Crippen molar-refractivity contribution in [2.45, 2.75) is 13.3 Å². The molecular formula is C10H11NO2S. The van der Waals surface area contributed by atoms with Gasteiger partial charge in [0.25, 0.3) is 10.0 Å². The highest BCUT2D eigenvalue weighted by Gasteiger charge is 2.18. The van der Waals surface area contributed by atoms with E-state index in [4.69, 9.17) is 0 Å². The van der Waals surface area contributed by atoms with Gasteiger partial charge in [0, 0.05) is 5.56 Å². The Bertz CT molecular complexity index is 489. The van der Waals surface area contributed by atoms with Gasteiger partial charge in [-0.05, 0) is 18.1 Å². The molecule has 1 aromatic rings. The number of hydrogen-bond donors (Lipinski definition) is 1. The van der Waals surface area contributed by atoms with E-state index in [9.17, 15) is 8.42 Å². The van der Waals surface area contributed by atoms with E-state index in [-0.39, 0.29) is 0 Å². The molecule has 0 atom stereocenters. The molecule has 0 saturated carbocycles. The summed E-state index contributed by atoms with van der Waals surface area (Å²) in [5, 5.41) is 1.30. The lowest BCUT2D eigenvalue weighted by Gasteiger charge is -2.17. The van der Waals surface area contributed by atoms with Crippen LogP contribution in [0.25, 0.3) is 5.57 Å². The van der Waals surface area contributed by atoms with E-state index in [2.05, 4.69) is 4.72 Å². The molecule has 0 spiro atoms. The van der Waals surface area contributed by atoms with Crippen LogP contribution in [0.1, 0.15) is 18.9 Å². The molecule has 1 N–H and O–H groups in total. The summed E-state index contributed by atoms with van der Waals surface area (Å²) in [5.41, 5.74) is 2.51. The second-order valence-corrected chi connectivity index (χ2v) is 4.72. The summed E-state index contributed by atoms with van der Waals surface area (Å²) in [6, 6.07) is 7.42. The lowest BCUT2D eigenvalue weighted by molar-refractivity contribution is 0.609. The Morgan fingerprint density at radius 2 is 2.00 bits per heavy atom. The minimum atomic E-state index is -3.27. The van der Waals surface area contributed by atoms with Crippen LogP contribution in [0.3, 0.4) is 0 Å². The molecule has 1 aliphatic rings. The van der Waals surface area contributed by atoms with E-state index < -0.39 is 10.0 Å². The average Bonchev–Trinajstić information content (AvgIpc) is 2.15. The Kier molecular flexibility index (Phi) is 2.07. The van der Waals surface area contributed by atoms with Gasteiger partial charge in [-0.1, -0.05) is 25.1 Å². The van der Waals surface area contributed by atoms with Crippen molar-refractivity contribution in [1.82, 2.24) is 0 Å². The van der Waals surface area contributed by atoms with Crippen LogP contribution in [-0.2, 0) is 10.0 Å². The predicted molar refractivity (Wildman–Crippen MR) is 57.3 cm³/mol. The standard InChI is InChI=1S/C10H11NO2S/c1-2-8-7-14(12,13)11-10-6-4-3-5-9(8)10/h3-7,11H,2H2,1H3. The topological polar surface area (TPSA) is 46.2 Å². The monoisotopic (exact) mass is 209 g/mol. The van der Waals surface area contributed by atoms with E-state index in [1.165, 1.54) is 5.41 Å². The van der Waals surface area contributed by atoms with Crippen LogP contribution >= 0.6 is 0 Å². The maximum absolute atomic E-state index is 11.4. The molecule has 0 bridgehead atoms. The number of fused-ring (bicyclic) bond motifs is 1. The van der Waals surface area contributed by atoms with Crippen molar-refractivity contribution in [2.75, 3.05) is 4.72 Å². The third-order valence-electron chi connectivity index (χ3n) is 2.20. The lowest BCUT2D eigenvalue weighted by Crippen LogP contribution is -2.15. The Labute approximate surface area is 83.5 Å². The molecule has 74 valence electrons. The fourth-order valence-electron chi connectivity index (χ4n) is 1.56. The van der Waals surface area contributed by atoms with Gasteiger partial charge in [0.1, 0.15) is 0 Å². The number of rotatable bonds is 1. The number of anilines is 1. The van der Waals surface area contributed by atoms with Crippen LogP contribution in [0.4, 0.5) is 5.69 Å². The second-order valence-electron chi connectivity index (χ2n) is 3.19. The molecular weight excluding hydrogens is 198 g/mol. The van der Waals surface area contributed by atoms with Crippen LogP contribution < -0.4 is 4.72 Å². The van der Waals surface area contributed by atoms with Gasteiger partial charge in [-0.2, -0.15) is 0 Å². The van der Waals surface area contributed by atoms with E-state index in [1.54, 1.807) is 6.07 Å². The van der Waals surface area contributed by atoms with Crippen molar-refractivity contribution in [3.63, 3.8) is 0 Å². The number of hydrogen-bond acceptors (Lipinski definition) is 2. The minimum Gasteiger partial charge on any atom is -0.279 e. The molecule has 0 radical (unpaired) electrons. The Balaban J connectivity index is 2.65. The Morgan fingerprint density at radius 3 is 2.71 bits per heavy atom. The molecule has 3 nitrogen and oxygen atoms in total. The lowest BCUT2D eigenvalue weighted by atomic mass is 10.0. The summed E-state index contributed by atoms with van der Waals surface area (Å²) in [4.78, 5) is 0. The first-order valence-corrected chi connectivity index (χ1v) is 6.00. The molecule has 0 saturated heterocycles. The molecule has 4 heteroatoms. The largest absolute Gasteiger partial charge is 0.279 e. The van der Waals surface area contributed by atoms with Gasteiger partial charge in [0.15, 0.2) is 0 Å². The van der Waals surface area contributed by atoms with Gasteiger partial charge in [-0.15, -0.1) is 0 Å². The molecule has 2 rings (SSSR count). The summed E-state index contributed by atoms with van der Waals surface area (Å²) in [6.45, 7) is 1.95. The van der Waals surface area contributed by atoms with Crippen LogP contribution in [-0.4, -0.2) is 8.42 Å². The summed E-state index contributed by atoms with van der Waals surface area (Å²) >= 11 is 0. The van der Waals surface area contributed by atoms with Crippen LogP contribution in [0.5, 0.6) is 0 Å². The van der Waals surface area contributed by atoms with Crippen molar-refractivity contribution in [1.29, 1.82) is 0 Å². The van der Waals surface area contributed by atoms with Gasteiger partial charge >= 0.3 is 0 Å². The van der Waals surface area contributed by atoms with Crippen molar-refractivity contribution in [3.05, 3.63) is 35.2 Å². The minimum absolute atomic E-state index is 0.673. The van der Waals surface area contributed by atoms with Gasteiger partial charge in [0.2, 0.25) is 0 Å². The van der Waals surface area contributed by atoms with Gasteiger partial charge in [-0.3, -0.25) is 4.72 Å². The molecule has 0 amide bonds. The fraction of sp³-hybridized carbons (Fsp3) is 0.200. The smallest absolute Gasteiger partial charge is 0.255 e. The van der Waals surface area contributed by atoms with Gasteiger partial charge in [0.05, 0.1) is 11.1 Å². The number of sulfonamides is 1. The number of benzene rings is 1. The second kappa shape index (κ2) is 3.13. The maximum atomic E-state index is 11.4. The van der Waals surface area contributed by atoms with E-state index in [0.29, 0.717) is 5.69 Å². The highest BCUT2D eigenvalue weighted by molar-refractivity contribution is 7.95. The molecule has 1 aromatic carbocycles. The molecule has 0 fully saturated rings. The average molecular weight is 209 g/mol. The van der Waals surface area contributed by atoms with Crippen molar-refractivity contribution in [2.24, 2.45) is 0 Å². The molecule has 0 aliphatic carbocycles. The van der Waals surface area contributed by atoms with E-state index in [0.717, 1.165) is 17.6 Å². The molecule has 0 aromatic heterocycles. The zero-order valence-corrected chi connectivity index (χ0v) is 8.64. The molecule has 0 unspecified atom stereocenters. The maximum Gasteiger partial charge on any atom is 0.255 e. The van der Waals surface area contributed by atoms with Crippen molar-refractivity contribution < 1.29 is 8.42 Å². The quantitative estimate of drug-likeness (QED) is 0.770. The molecule has 1 heterocycles. The van der Waals surface area contributed by atoms with E-state index in [1.807, 2.05) is 25.1 Å². The Morgan fingerprint density at radius 1 is 1.29 bits per heavy atom. The SMILES string of the molecule is CCC1=CS(=O)(=O)Nc2ccccc21. The normalized spacial score (nSPS) is 17.9. The zero-order chi connectivity index (χ0) is 10.2. The summed E-state index contributed by atoms with van der Waals surface area (Å²) in [5.74, 6) is 0. The van der Waals surface area contributed by atoms with Crippen LogP contribution in [0, 0.1) is 0 Å². The molecule has 1 aliphatic heterocycles. The number of para-hydroxylation sites is 1. The summed E-state index contributed by atoms with van der Waals surface area (Å²) < 4.78 is 25.3. The van der Waals surface area contributed by atoms with Gasteiger partial charge in [-0.25, -0.2) is 8.42 Å². The van der Waals surface area contributed by atoms with Gasteiger partial charge < -0.3 is 0 Å². The highest BCUT2D eigenvalue weighted by atomic mass is 32.2. The number of allylic oxidation sites excluding steroid dienone is 1. The predicted octanol–water partition coefficient (Wildman–Crippen LogP) is 2.19. The first-order valence-electron chi connectivity index (χ1n) is 4.45. The van der Waals surface area contributed by atoms with Crippen molar-refractivity contribution >= 4 is 21.3 Å². The first kappa shape index (κ1) is 9.27. The van der Waals surface area contributed by atoms with Crippen LogP contribution in [0.2, 0.25) is 0 Å². The van der Waals surface area contributed by atoms with E-state index >= 15 is 0 Å². The first-order chi connectivity index (χ1) is 6.62.